The third-order valence-corrected chi connectivity index (χ3v) is 4.32. The fourth-order valence-corrected chi connectivity index (χ4v) is 2.80. The highest BCUT2D eigenvalue weighted by Crippen LogP contribution is 2.26. The van der Waals surface area contributed by atoms with Crippen LogP contribution >= 0.6 is 23.2 Å². The van der Waals surface area contributed by atoms with E-state index in [9.17, 15) is 8.42 Å². The van der Waals surface area contributed by atoms with Gasteiger partial charge in [0.15, 0.2) is 5.03 Å². The summed E-state index contributed by atoms with van der Waals surface area (Å²) in [4.78, 5) is 3.75. The lowest BCUT2D eigenvalue weighted by Gasteiger charge is -2.09. The van der Waals surface area contributed by atoms with Gasteiger partial charge in [-0.15, -0.1) is 0 Å². The number of rotatable bonds is 3. The number of anilines is 2. The average molecular weight is 318 g/mol. The number of benzene rings is 1. The highest BCUT2D eigenvalue weighted by atomic mass is 35.5. The molecular formula is C11H9Cl2N3O2S. The van der Waals surface area contributed by atoms with Gasteiger partial charge in [0.1, 0.15) is 0 Å². The Kier molecular flexibility index (Phi) is 3.84. The van der Waals surface area contributed by atoms with E-state index in [1.54, 1.807) is 6.07 Å². The third-order valence-electron chi connectivity index (χ3n) is 2.23. The third kappa shape index (κ3) is 3.09. The molecule has 0 spiro atoms. The number of aromatic nitrogens is 1. The molecule has 1 aromatic heterocycles. The van der Waals surface area contributed by atoms with E-state index in [4.69, 9.17) is 28.9 Å². The SMILES string of the molecule is Nc1cccnc1S(=O)(=O)Nc1ccc(Cl)c(Cl)c1. The van der Waals surface area contributed by atoms with Crippen molar-refractivity contribution in [3.8, 4) is 0 Å². The molecule has 100 valence electrons. The van der Waals surface area contributed by atoms with Gasteiger partial charge in [-0.2, -0.15) is 8.42 Å². The number of nitrogens with zero attached hydrogens (tertiary/aromatic N) is 1. The Labute approximate surface area is 120 Å². The minimum absolute atomic E-state index is 0.0649. The van der Waals surface area contributed by atoms with Crippen molar-refractivity contribution in [2.24, 2.45) is 0 Å². The van der Waals surface area contributed by atoms with Crippen molar-refractivity contribution in [2.75, 3.05) is 10.5 Å². The molecule has 1 heterocycles. The first kappa shape index (κ1) is 13.9. The first-order valence-electron chi connectivity index (χ1n) is 5.08. The molecule has 5 nitrogen and oxygen atoms in total. The monoisotopic (exact) mass is 317 g/mol. The maximum atomic E-state index is 12.1. The number of nitrogens with two attached hydrogens (primary N) is 1. The quantitative estimate of drug-likeness (QED) is 0.911. The van der Waals surface area contributed by atoms with Crippen LogP contribution in [0.1, 0.15) is 0 Å². The van der Waals surface area contributed by atoms with Crippen molar-refractivity contribution in [1.82, 2.24) is 4.98 Å². The zero-order valence-corrected chi connectivity index (χ0v) is 11.8. The smallest absolute Gasteiger partial charge is 0.281 e. The van der Waals surface area contributed by atoms with E-state index in [1.807, 2.05) is 0 Å². The Balaban J connectivity index is 2.37. The summed E-state index contributed by atoms with van der Waals surface area (Å²) in [6.07, 6.45) is 1.35. The van der Waals surface area contributed by atoms with Gasteiger partial charge < -0.3 is 5.73 Å². The first-order valence-corrected chi connectivity index (χ1v) is 7.32. The van der Waals surface area contributed by atoms with Crippen LogP contribution < -0.4 is 10.5 Å². The van der Waals surface area contributed by atoms with Crippen molar-refractivity contribution < 1.29 is 8.42 Å². The molecule has 2 aromatic rings. The van der Waals surface area contributed by atoms with Gasteiger partial charge in [-0.25, -0.2) is 4.98 Å². The molecule has 0 saturated heterocycles. The van der Waals surface area contributed by atoms with E-state index < -0.39 is 10.0 Å². The molecule has 2 rings (SSSR count). The predicted molar refractivity (Wildman–Crippen MR) is 75.9 cm³/mol. The lowest BCUT2D eigenvalue weighted by molar-refractivity contribution is 0.598. The Hall–Kier alpha value is -1.50. The van der Waals surface area contributed by atoms with Crippen molar-refractivity contribution >= 4 is 44.6 Å². The zero-order chi connectivity index (χ0) is 14.0. The van der Waals surface area contributed by atoms with Crippen LogP contribution in [-0.2, 0) is 10.0 Å². The molecule has 0 radical (unpaired) electrons. The van der Waals surface area contributed by atoms with Crippen LogP contribution in [0.4, 0.5) is 11.4 Å². The van der Waals surface area contributed by atoms with Gasteiger partial charge >= 0.3 is 0 Å². The lowest BCUT2D eigenvalue weighted by atomic mass is 10.3. The van der Waals surface area contributed by atoms with Crippen LogP contribution in [0.2, 0.25) is 10.0 Å². The highest BCUT2D eigenvalue weighted by Gasteiger charge is 2.19. The van der Waals surface area contributed by atoms with Crippen molar-refractivity contribution in [3.05, 3.63) is 46.6 Å². The molecular weight excluding hydrogens is 309 g/mol. The molecule has 0 unspecified atom stereocenters. The van der Waals surface area contributed by atoms with Gasteiger partial charge in [0.25, 0.3) is 10.0 Å². The molecule has 0 aliphatic rings. The zero-order valence-electron chi connectivity index (χ0n) is 9.47. The second-order valence-electron chi connectivity index (χ2n) is 3.63. The molecule has 0 aliphatic carbocycles. The minimum Gasteiger partial charge on any atom is -0.396 e. The van der Waals surface area contributed by atoms with Gasteiger partial charge in [-0.1, -0.05) is 23.2 Å². The summed E-state index contributed by atoms with van der Waals surface area (Å²) in [7, 11) is -3.86. The van der Waals surface area contributed by atoms with E-state index in [1.165, 1.54) is 30.5 Å². The Morgan fingerprint density at radius 2 is 1.89 bits per heavy atom. The van der Waals surface area contributed by atoms with Gasteiger partial charge in [-0.05, 0) is 30.3 Å². The molecule has 0 aliphatic heterocycles. The molecule has 3 N–H and O–H groups in total. The fourth-order valence-electron chi connectivity index (χ4n) is 1.39. The summed E-state index contributed by atoms with van der Waals surface area (Å²) >= 11 is 11.6. The molecule has 0 fully saturated rings. The number of sulfonamides is 1. The molecule has 19 heavy (non-hydrogen) atoms. The minimum atomic E-state index is -3.86. The Morgan fingerprint density at radius 3 is 2.53 bits per heavy atom. The van der Waals surface area contributed by atoms with Gasteiger partial charge in [0.05, 0.1) is 21.4 Å². The number of nitrogen functional groups attached to an aromatic ring is 1. The van der Waals surface area contributed by atoms with E-state index in [0.29, 0.717) is 5.02 Å². The van der Waals surface area contributed by atoms with Crippen LogP contribution in [0.3, 0.4) is 0 Å². The number of pyridine rings is 1. The van der Waals surface area contributed by atoms with Crippen molar-refractivity contribution in [1.29, 1.82) is 0 Å². The summed E-state index contributed by atoms with van der Waals surface area (Å²) in [5.74, 6) is 0. The van der Waals surface area contributed by atoms with Gasteiger partial charge in [0.2, 0.25) is 0 Å². The summed E-state index contributed by atoms with van der Waals surface area (Å²) < 4.78 is 26.5. The number of nitrogens with one attached hydrogen (secondary N) is 1. The van der Waals surface area contributed by atoms with E-state index in [-0.39, 0.29) is 21.4 Å². The van der Waals surface area contributed by atoms with E-state index in [2.05, 4.69) is 9.71 Å². The summed E-state index contributed by atoms with van der Waals surface area (Å²) in [6, 6.07) is 7.39. The van der Waals surface area contributed by atoms with Gasteiger partial charge in [-0.3, -0.25) is 4.72 Å². The van der Waals surface area contributed by atoms with Crippen LogP contribution in [0, 0.1) is 0 Å². The van der Waals surface area contributed by atoms with Crippen molar-refractivity contribution in [2.45, 2.75) is 5.03 Å². The number of hydrogen-bond acceptors (Lipinski definition) is 4. The average Bonchev–Trinajstić information content (AvgIpc) is 2.34. The second kappa shape index (κ2) is 5.24. The fraction of sp³-hybridized carbons (Fsp3) is 0. The normalized spacial score (nSPS) is 11.3. The first-order chi connectivity index (χ1) is 8.90. The van der Waals surface area contributed by atoms with E-state index >= 15 is 0 Å². The summed E-state index contributed by atoms with van der Waals surface area (Å²) in [6.45, 7) is 0. The van der Waals surface area contributed by atoms with Crippen LogP contribution in [0.5, 0.6) is 0 Å². The molecule has 0 saturated carbocycles. The maximum Gasteiger partial charge on any atom is 0.281 e. The maximum absolute atomic E-state index is 12.1. The molecule has 1 aromatic carbocycles. The van der Waals surface area contributed by atoms with Crippen molar-refractivity contribution in [3.63, 3.8) is 0 Å². The molecule has 8 heteroatoms. The van der Waals surface area contributed by atoms with Crippen LogP contribution in [0.25, 0.3) is 0 Å². The lowest BCUT2D eigenvalue weighted by Crippen LogP contribution is -2.16. The van der Waals surface area contributed by atoms with E-state index in [0.717, 1.165) is 0 Å². The van der Waals surface area contributed by atoms with Gasteiger partial charge in [0, 0.05) is 6.20 Å². The second-order valence-corrected chi connectivity index (χ2v) is 6.04. The Morgan fingerprint density at radius 1 is 1.16 bits per heavy atom. The van der Waals surface area contributed by atoms with Crippen LogP contribution in [0.15, 0.2) is 41.6 Å². The number of hydrogen-bond donors (Lipinski definition) is 2. The molecule has 0 amide bonds. The standard InChI is InChI=1S/C11H9Cl2N3O2S/c12-8-4-3-7(6-9(8)13)16-19(17,18)11-10(14)2-1-5-15-11/h1-6,16H,14H2. The molecule has 0 atom stereocenters. The number of halogens is 2. The Bertz CT molecular complexity index is 720. The highest BCUT2D eigenvalue weighted by molar-refractivity contribution is 7.92. The molecule has 0 bridgehead atoms. The predicted octanol–water partition coefficient (Wildman–Crippen LogP) is 2.77. The topological polar surface area (TPSA) is 85.1 Å². The largest absolute Gasteiger partial charge is 0.396 e. The van der Waals surface area contributed by atoms with Crippen LogP contribution in [-0.4, -0.2) is 13.4 Å². The summed E-state index contributed by atoms with van der Waals surface area (Å²) in [5, 5.41) is 0.346. The summed E-state index contributed by atoms with van der Waals surface area (Å²) in [5.41, 5.74) is 5.93.